The first kappa shape index (κ1) is 14.0. The molecule has 2 fully saturated rings. The van der Waals surface area contributed by atoms with E-state index in [9.17, 15) is 4.79 Å². The summed E-state index contributed by atoms with van der Waals surface area (Å²) < 4.78 is 5.39. The molecule has 0 radical (unpaired) electrons. The lowest BCUT2D eigenvalue weighted by Crippen LogP contribution is -2.52. The summed E-state index contributed by atoms with van der Waals surface area (Å²) in [6.07, 6.45) is 4.43. The first-order valence-corrected chi connectivity index (χ1v) is 8.01. The molecule has 3 nitrogen and oxygen atoms in total. The molecule has 1 aliphatic carbocycles. The SMILES string of the molecule is CC(C)(C)OC(=O)NC1(C2(C)CCCSC2)CC1. The number of alkyl carbamates (subject to hydrolysis) is 1. The predicted octanol–water partition coefficient (Wildman–Crippen LogP) is 3.58. The molecule has 1 aliphatic heterocycles. The first-order valence-electron chi connectivity index (χ1n) is 6.85. The second-order valence-electron chi connectivity index (χ2n) is 6.93. The van der Waals surface area contributed by atoms with Gasteiger partial charge in [-0.15, -0.1) is 0 Å². The van der Waals surface area contributed by atoms with Crippen LogP contribution in [0.3, 0.4) is 0 Å². The van der Waals surface area contributed by atoms with Crippen molar-refractivity contribution in [1.82, 2.24) is 5.32 Å². The van der Waals surface area contributed by atoms with Crippen LogP contribution < -0.4 is 5.32 Å². The molecule has 1 N–H and O–H groups in total. The molecule has 1 unspecified atom stereocenters. The van der Waals surface area contributed by atoms with Crippen molar-refractivity contribution < 1.29 is 9.53 Å². The summed E-state index contributed by atoms with van der Waals surface area (Å²) in [7, 11) is 0. The molecule has 0 aromatic heterocycles. The van der Waals surface area contributed by atoms with E-state index in [2.05, 4.69) is 12.2 Å². The second-order valence-corrected chi connectivity index (χ2v) is 8.03. The van der Waals surface area contributed by atoms with E-state index in [4.69, 9.17) is 4.74 Å². The van der Waals surface area contributed by atoms with Crippen LogP contribution >= 0.6 is 11.8 Å². The van der Waals surface area contributed by atoms with Crippen molar-refractivity contribution in [2.24, 2.45) is 5.41 Å². The van der Waals surface area contributed by atoms with Gasteiger partial charge in [0.2, 0.25) is 0 Å². The maximum atomic E-state index is 12.0. The Hall–Kier alpha value is -0.380. The van der Waals surface area contributed by atoms with Gasteiger partial charge in [0.05, 0.1) is 0 Å². The molecule has 18 heavy (non-hydrogen) atoms. The van der Waals surface area contributed by atoms with Crippen molar-refractivity contribution in [2.75, 3.05) is 11.5 Å². The molecule has 0 aromatic carbocycles. The summed E-state index contributed by atoms with van der Waals surface area (Å²) in [6, 6.07) is 0. The zero-order chi connectivity index (χ0) is 13.4. The lowest BCUT2D eigenvalue weighted by atomic mass is 9.77. The van der Waals surface area contributed by atoms with Crippen molar-refractivity contribution >= 4 is 17.9 Å². The summed E-state index contributed by atoms with van der Waals surface area (Å²) in [4.78, 5) is 12.0. The van der Waals surface area contributed by atoms with Crippen molar-refractivity contribution in [1.29, 1.82) is 0 Å². The fourth-order valence-corrected chi connectivity index (χ4v) is 4.18. The minimum atomic E-state index is -0.414. The van der Waals surface area contributed by atoms with E-state index in [1.165, 1.54) is 18.6 Å². The van der Waals surface area contributed by atoms with Gasteiger partial charge in [0.15, 0.2) is 0 Å². The van der Waals surface area contributed by atoms with Gasteiger partial charge >= 0.3 is 6.09 Å². The predicted molar refractivity (Wildman–Crippen MR) is 76.0 cm³/mol. The topological polar surface area (TPSA) is 38.3 Å². The zero-order valence-electron chi connectivity index (χ0n) is 12.0. The molecule has 1 saturated heterocycles. The average molecular weight is 271 g/mol. The Kier molecular flexibility index (Phi) is 3.60. The minimum Gasteiger partial charge on any atom is -0.444 e. The number of amides is 1. The lowest BCUT2D eigenvalue weighted by Gasteiger charge is -2.41. The molecule has 1 atom stereocenters. The largest absolute Gasteiger partial charge is 0.444 e. The molecule has 0 aromatic rings. The van der Waals surface area contributed by atoms with E-state index in [1.54, 1.807) is 0 Å². The molecular weight excluding hydrogens is 246 g/mol. The standard InChI is InChI=1S/C14H25NO2S/c1-12(2,3)17-11(16)15-14(7-8-14)13(4)6-5-9-18-10-13/h5-10H2,1-4H3,(H,15,16). The Morgan fingerprint density at radius 3 is 2.39 bits per heavy atom. The molecule has 1 heterocycles. The van der Waals surface area contributed by atoms with Gasteiger partial charge in [-0.1, -0.05) is 6.92 Å². The first-order chi connectivity index (χ1) is 8.27. The molecule has 0 spiro atoms. The fraction of sp³-hybridized carbons (Fsp3) is 0.929. The highest BCUT2D eigenvalue weighted by molar-refractivity contribution is 7.99. The number of rotatable bonds is 2. The third kappa shape index (κ3) is 2.95. The van der Waals surface area contributed by atoms with Crippen molar-refractivity contribution in [3.8, 4) is 0 Å². The second kappa shape index (κ2) is 4.62. The van der Waals surface area contributed by atoms with Gasteiger partial charge in [-0.3, -0.25) is 0 Å². The summed E-state index contributed by atoms with van der Waals surface area (Å²) in [5, 5.41) is 3.16. The van der Waals surface area contributed by atoms with Crippen molar-refractivity contribution in [3.63, 3.8) is 0 Å². The quantitative estimate of drug-likeness (QED) is 0.834. The molecule has 1 amide bonds. The zero-order valence-corrected chi connectivity index (χ0v) is 12.8. The van der Waals surface area contributed by atoms with E-state index in [0.29, 0.717) is 0 Å². The van der Waals surface area contributed by atoms with Gasteiger partial charge in [0.1, 0.15) is 5.60 Å². The van der Waals surface area contributed by atoms with E-state index in [-0.39, 0.29) is 17.0 Å². The average Bonchev–Trinajstić information content (AvgIpc) is 2.97. The number of carbonyl (C=O) groups is 1. The monoisotopic (exact) mass is 271 g/mol. The van der Waals surface area contributed by atoms with Crippen molar-refractivity contribution in [3.05, 3.63) is 0 Å². The molecule has 1 saturated carbocycles. The van der Waals surface area contributed by atoms with Crippen LogP contribution in [0.1, 0.15) is 53.4 Å². The fourth-order valence-electron chi connectivity index (χ4n) is 2.81. The summed E-state index contributed by atoms with van der Waals surface area (Å²) >= 11 is 2.02. The van der Waals surface area contributed by atoms with Crippen LogP contribution in [0.2, 0.25) is 0 Å². The Morgan fingerprint density at radius 2 is 1.94 bits per heavy atom. The van der Waals surface area contributed by atoms with Crippen LogP contribution in [0.15, 0.2) is 0 Å². The van der Waals surface area contributed by atoms with Crippen LogP contribution in [-0.2, 0) is 4.74 Å². The van der Waals surface area contributed by atoms with Crippen LogP contribution in [0, 0.1) is 5.41 Å². The number of nitrogens with one attached hydrogen (secondary N) is 1. The number of thioether (sulfide) groups is 1. The number of hydrogen-bond acceptors (Lipinski definition) is 3. The highest BCUT2D eigenvalue weighted by atomic mass is 32.2. The smallest absolute Gasteiger partial charge is 0.408 e. The molecule has 0 bridgehead atoms. The highest BCUT2D eigenvalue weighted by Gasteiger charge is 2.58. The molecule has 104 valence electrons. The highest BCUT2D eigenvalue weighted by Crippen LogP contribution is 2.55. The van der Waals surface area contributed by atoms with Crippen LogP contribution in [0.4, 0.5) is 4.79 Å². The van der Waals surface area contributed by atoms with E-state index in [0.717, 1.165) is 18.6 Å². The molecule has 2 aliphatic rings. The number of carbonyl (C=O) groups excluding carboxylic acids is 1. The Morgan fingerprint density at radius 1 is 1.28 bits per heavy atom. The summed E-state index contributed by atoms with van der Waals surface area (Å²) in [6.45, 7) is 8.04. The van der Waals surface area contributed by atoms with Gasteiger partial charge in [-0.25, -0.2) is 4.79 Å². The normalized spacial score (nSPS) is 30.7. The van der Waals surface area contributed by atoms with Crippen LogP contribution in [0.25, 0.3) is 0 Å². The van der Waals surface area contributed by atoms with E-state index < -0.39 is 5.60 Å². The Bertz CT molecular complexity index is 325. The van der Waals surface area contributed by atoms with Crippen LogP contribution in [0.5, 0.6) is 0 Å². The van der Waals surface area contributed by atoms with Gasteiger partial charge in [0, 0.05) is 11.3 Å². The van der Waals surface area contributed by atoms with Crippen molar-refractivity contribution in [2.45, 2.75) is 64.5 Å². The number of ether oxygens (including phenoxy) is 1. The van der Waals surface area contributed by atoms with Gasteiger partial charge in [-0.05, 0) is 57.6 Å². The molecule has 4 heteroatoms. The third-order valence-electron chi connectivity index (χ3n) is 4.08. The Labute approximate surface area is 114 Å². The number of hydrogen-bond donors (Lipinski definition) is 1. The van der Waals surface area contributed by atoms with Crippen LogP contribution in [-0.4, -0.2) is 28.7 Å². The Balaban J connectivity index is 1.97. The van der Waals surface area contributed by atoms with Gasteiger partial charge in [-0.2, -0.15) is 11.8 Å². The van der Waals surface area contributed by atoms with E-state index >= 15 is 0 Å². The summed E-state index contributed by atoms with van der Waals surface area (Å²) in [5.41, 5.74) is -0.169. The van der Waals surface area contributed by atoms with Gasteiger partial charge < -0.3 is 10.1 Å². The van der Waals surface area contributed by atoms with E-state index in [1.807, 2.05) is 32.5 Å². The minimum absolute atomic E-state index is 0.00273. The molecule has 2 rings (SSSR count). The third-order valence-corrected chi connectivity index (χ3v) is 5.50. The summed E-state index contributed by atoms with van der Waals surface area (Å²) in [5.74, 6) is 2.42. The lowest BCUT2D eigenvalue weighted by molar-refractivity contribution is 0.0433. The maximum Gasteiger partial charge on any atom is 0.408 e. The van der Waals surface area contributed by atoms with Gasteiger partial charge in [0.25, 0.3) is 0 Å². The molecular formula is C14H25NO2S. The maximum absolute atomic E-state index is 12.0.